The molecule has 110 valence electrons. The lowest BCUT2D eigenvalue weighted by Crippen LogP contribution is -2.38. The van der Waals surface area contributed by atoms with Gasteiger partial charge in [0.25, 0.3) is 11.4 Å². The number of rotatable bonds is 6. The first-order chi connectivity index (χ1) is 9.15. The summed E-state index contributed by atoms with van der Waals surface area (Å²) in [5.41, 5.74) is -1.46. The lowest BCUT2D eigenvalue weighted by atomic mass is 10.1. The Labute approximate surface area is 115 Å². The van der Waals surface area contributed by atoms with E-state index in [1.54, 1.807) is 25.7 Å². The van der Waals surface area contributed by atoms with Crippen LogP contribution in [0.2, 0.25) is 0 Å². The van der Waals surface area contributed by atoms with E-state index in [0.717, 1.165) is 6.07 Å². The third-order valence-corrected chi connectivity index (χ3v) is 2.67. The number of benzene rings is 1. The standard InChI is InChI=1S/C12H17N3O5/c1-4-13(8-12(2,3)16)10-6-5-9(14(17)18)7-11(10)15(19)20/h5-7,16H,4,8H2,1-3H3. The Balaban J connectivity index is 3.28. The molecule has 0 aromatic heterocycles. The third-order valence-electron chi connectivity index (χ3n) is 2.67. The van der Waals surface area contributed by atoms with E-state index >= 15 is 0 Å². The molecule has 0 aliphatic rings. The first-order valence-electron chi connectivity index (χ1n) is 6.06. The summed E-state index contributed by atoms with van der Waals surface area (Å²) >= 11 is 0. The minimum absolute atomic E-state index is 0.183. The fourth-order valence-electron chi connectivity index (χ4n) is 1.87. The monoisotopic (exact) mass is 283 g/mol. The predicted octanol–water partition coefficient (Wildman–Crippen LogP) is 2.10. The molecule has 0 atom stereocenters. The summed E-state index contributed by atoms with van der Waals surface area (Å²) in [6.07, 6.45) is 0. The van der Waals surface area contributed by atoms with Crippen LogP contribution < -0.4 is 4.90 Å². The van der Waals surface area contributed by atoms with E-state index in [-0.39, 0.29) is 23.6 Å². The quantitative estimate of drug-likeness (QED) is 0.632. The van der Waals surface area contributed by atoms with Crippen molar-refractivity contribution in [2.75, 3.05) is 18.0 Å². The number of anilines is 1. The molecule has 0 heterocycles. The van der Waals surface area contributed by atoms with Gasteiger partial charge in [0.2, 0.25) is 0 Å². The van der Waals surface area contributed by atoms with Gasteiger partial charge in [-0.2, -0.15) is 0 Å². The van der Waals surface area contributed by atoms with Crippen molar-refractivity contribution < 1.29 is 15.0 Å². The highest BCUT2D eigenvalue weighted by atomic mass is 16.6. The molecule has 1 N–H and O–H groups in total. The summed E-state index contributed by atoms with van der Waals surface area (Å²) in [5.74, 6) is 0. The highest BCUT2D eigenvalue weighted by Crippen LogP contribution is 2.32. The van der Waals surface area contributed by atoms with E-state index in [2.05, 4.69) is 0 Å². The molecule has 0 saturated heterocycles. The second kappa shape index (κ2) is 5.83. The van der Waals surface area contributed by atoms with E-state index < -0.39 is 15.4 Å². The van der Waals surface area contributed by atoms with Gasteiger partial charge in [-0.05, 0) is 26.8 Å². The number of likely N-dealkylation sites (N-methyl/N-ethyl adjacent to an activating group) is 1. The largest absolute Gasteiger partial charge is 0.389 e. The predicted molar refractivity (Wildman–Crippen MR) is 73.9 cm³/mol. The number of hydrogen-bond donors (Lipinski definition) is 1. The van der Waals surface area contributed by atoms with Crippen molar-refractivity contribution in [2.45, 2.75) is 26.4 Å². The lowest BCUT2D eigenvalue weighted by Gasteiger charge is -2.29. The molecule has 0 aliphatic carbocycles. The van der Waals surface area contributed by atoms with Crippen LogP contribution >= 0.6 is 0 Å². The highest BCUT2D eigenvalue weighted by molar-refractivity contribution is 5.66. The van der Waals surface area contributed by atoms with Crippen LogP contribution in [0.5, 0.6) is 0 Å². The summed E-state index contributed by atoms with van der Waals surface area (Å²) in [7, 11) is 0. The minimum Gasteiger partial charge on any atom is -0.389 e. The van der Waals surface area contributed by atoms with Crippen LogP contribution in [-0.4, -0.2) is 33.6 Å². The van der Waals surface area contributed by atoms with Crippen molar-refractivity contribution in [3.05, 3.63) is 38.4 Å². The molecule has 1 rings (SSSR count). The van der Waals surface area contributed by atoms with Crippen molar-refractivity contribution in [1.29, 1.82) is 0 Å². The summed E-state index contributed by atoms with van der Waals surface area (Å²) in [5, 5.41) is 31.6. The molecule has 0 saturated carbocycles. The Morgan fingerprint density at radius 1 is 1.25 bits per heavy atom. The number of non-ortho nitro benzene ring substituents is 1. The molecule has 1 aromatic carbocycles. The number of nitro benzene ring substituents is 2. The first kappa shape index (κ1) is 15.8. The van der Waals surface area contributed by atoms with Crippen LogP contribution in [0, 0.1) is 20.2 Å². The maximum absolute atomic E-state index is 11.1. The Kier molecular flexibility index (Phi) is 4.61. The molecular weight excluding hydrogens is 266 g/mol. The van der Waals surface area contributed by atoms with Crippen LogP contribution in [0.1, 0.15) is 20.8 Å². The Hall–Kier alpha value is -2.22. The Bertz CT molecular complexity index is 524. The van der Waals surface area contributed by atoms with E-state index in [1.165, 1.54) is 12.1 Å². The van der Waals surface area contributed by atoms with Gasteiger partial charge in [-0.25, -0.2) is 0 Å². The number of aliphatic hydroxyl groups is 1. The van der Waals surface area contributed by atoms with Gasteiger partial charge in [0.15, 0.2) is 0 Å². The normalized spacial score (nSPS) is 11.2. The number of nitro groups is 2. The third kappa shape index (κ3) is 3.89. The van der Waals surface area contributed by atoms with E-state index in [9.17, 15) is 25.3 Å². The summed E-state index contributed by atoms with van der Waals surface area (Å²) in [4.78, 5) is 22.0. The second-order valence-corrected chi connectivity index (χ2v) is 5.01. The SMILES string of the molecule is CCN(CC(C)(C)O)c1ccc([N+](=O)[O-])cc1[N+](=O)[O-]. The molecular formula is C12H17N3O5. The van der Waals surface area contributed by atoms with E-state index in [4.69, 9.17) is 0 Å². The summed E-state index contributed by atoms with van der Waals surface area (Å²) in [6, 6.07) is 3.49. The molecule has 0 fully saturated rings. The molecule has 20 heavy (non-hydrogen) atoms. The molecule has 0 unspecified atom stereocenters. The minimum atomic E-state index is -1.04. The zero-order valence-electron chi connectivity index (χ0n) is 11.6. The van der Waals surface area contributed by atoms with Gasteiger partial charge < -0.3 is 10.0 Å². The molecule has 1 aromatic rings. The zero-order chi connectivity index (χ0) is 15.5. The van der Waals surface area contributed by atoms with Gasteiger partial charge >= 0.3 is 0 Å². The van der Waals surface area contributed by atoms with Crippen molar-refractivity contribution in [1.82, 2.24) is 0 Å². The lowest BCUT2D eigenvalue weighted by molar-refractivity contribution is -0.393. The van der Waals surface area contributed by atoms with Gasteiger partial charge in [-0.1, -0.05) is 0 Å². The maximum atomic E-state index is 11.1. The first-order valence-corrected chi connectivity index (χ1v) is 6.06. The molecule has 8 nitrogen and oxygen atoms in total. The van der Waals surface area contributed by atoms with Gasteiger partial charge in [-0.3, -0.25) is 20.2 Å². The van der Waals surface area contributed by atoms with Crippen LogP contribution in [0.25, 0.3) is 0 Å². The van der Waals surface area contributed by atoms with Gasteiger partial charge in [0.1, 0.15) is 5.69 Å². The highest BCUT2D eigenvalue weighted by Gasteiger charge is 2.26. The smallest absolute Gasteiger partial charge is 0.299 e. The van der Waals surface area contributed by atoms with Gasteiger partial charge in [0.05, 0.1) is 21.5 Å². The van der Waals surface area contributed by atoms with Crippen molar-refractivity contribution in [3.63, 3.8) is 0 Å². The average Bonchev–Trinajstić information content (AvgIpc) is 2.34. The fraction of sp³-hybridized carbons (Fsp3) is 0.500. The van der Waals surface area contributed by atoms with Gasteiger partial charge in [0, 0.05) is 19.2 Å². The number of nitrogens with zero attached hydrogens (tertiary/aromatic N) is 3. The summed E-state index contributed by atoms with van der Waals surface area (Å²) < 4.78 is 0. The Morgan fingerprint density at radius 2 is 1.85 bits per heavy atom. The van der Waals surface area contributed by atoms with Crippen molar-refractivity contribution in [2.24, 2.45) is 0 Å². The van der Waals surface area contributed by atoms with E-state index in [1.807, 2.05) is 0 Å². The van der Waals surface area contributed by atoms with Crippen LogP contribution in [0.15, 0.2) is 18.2 Å². The second-order valence-electron chi connectivity index (χ2n) is 5.01. The van der Waals surface area contributed by atoms with E-state index in [0.29, 0.717) is 6.54 Å². The molecule has 0 bridgehead atoms. The Morgan fingerprint density at radius 3 is 2.25 bits per heavy atom. The molecule has 0 amide bonds. The molecule has 0 spiro atoms. The molecule has 8 heteroatoms. The number of hydrogen-bond acceptors (Lipinski definition) is 6. The topological polar surface area (TPSA) is 110 Å². The fourth-order valence-corrected chi connectivity index (χ4v) is 1.87. The molecule has 0 aliphatic heterocycles. The molecule has 0 radical (unpaired) electrons. The van der Waals surface area contributed by atoms with Gasteiger partial charge in [-0.15, -0.1) is 0 Å². The van der Waals surface area contributed by atoms with Crippen molar-refractivity contribution >= 4 is 17.1 Å². The van der Waals surface area contributed by atoms with Crippen LogP contribution in [0.4, 0.5) is 17.1 Å². The van der Waals surface area contributed by atoms with Crippen LogP contribution in [-0.2, 0) is 0 Å². The maximum Gasteiger partial charge on any atom is 0.299 e. The van der Waals surface area contributed by atoms with Crippen LogP contribution in [0.3, 0.4) is 0 Å². The van der Waals surface area contributed by atoms with Crippen molar-refractivity contribution in [3.8, 4) is 0 Å². The summed E-state index contributed by atoms with van der Waals surface area (Å²) in [6.45, 7) is 5.58. The zero-order valence-corrected chi connectivity index (χ0v) is 11.6. The average molecular weight is 283 g/mol.